The van der Waals surface area contributed by atoms with E-state index in [1.54, 1.807) is 0 Å². The second-order valence-corrected chi connectivity index (χ2v) is 9.42. The number of hydrogen-bond donors (Lipinski definition) is 0. The van der Waals surface area contributed by atoms with Crippen LogP contribution in [0.2, 0.25) is 0 Å². The second-order valence-electron chi connectivity index (χ2n) is 9.42. The lowest BCUT2D eigenvalue weighted by atomic mass is 9.48. The van der Waals surface area contributed by atoms with Gasteiger partial charge in [0.2, 0.25) is 0 Å². The lowest BCUT2D eigenvalue weighted by molar-refractivity contribution is -0.241. The van der Waals surface area contributed by atoms with Gasteiger partial charge in [-0.25, -0.2) is 0 Å². The number of fused-ring (bicyclic) bond motifs is 1. The molecule has 1 heterocycles. The number of carbonyl (C=O) groups is 1. The van der Waals surface area contributed by atoms with Gasteiger partial charge in [-0.15, -0.1) is 0 Å². The first-order chi connectivity index (χ1) is 15.2. The monoisotopic (exact) mass is 420 g/mol. The van der Waals surface area contributed by atoms with Gasteiger partial charge < -0.3 is 19.0 Å². The fraction of sp³-hybridized carbons (Fsp3) is 0.519. The second kappa shape index (κ2) is 8.40. The third-order valence-electron chi connectivity index (χ3n) is 8.12. The predicted molar refractivity (Wildman–Crippen MR) is 119 cm³/mol. The van der Waals surface area contributed by atoms with Crippen molar-refractivity contribution in [1.29, 1.82) is 0 Å². The summed E-state index contributed by atoms with van der Waals surface area (Å²) in [5.74, 6) is 1.09. The number of hydrogen-bond acceptors (Lipinski definition) is 4. The van der Waals surface area contributed by atoms with E-state index in [-0.39, 0.29) is 17.3 Å². The molecule has 5 rings (SSSR count). The highest BCUT2D eigenvalue weighted by molar-refractivity contribution is 5.59. The van der Waals surface area contributed by atoms with Crippen LogP contribution in [0.1, 0.15) is 50.2 Å². The quantitative estimate of drug-likeness (QED) is 0.617. The molecule has 0 aromatic heterocycles. The van der Waals surface area contributed by atoms with E-state index in [0.29, 0.717) is 25.7 Å². The van der Waals surface area contributed by atoms with Gasteiger partial charge in [-0.1, -0.05) is 55.8 Å². The molecule has 4 nitrogen and oxygen atoms in total. The minimum atomic E-state index is -0.461. The Labute approximate surface area is 184 Å². The molecule has 2 saturated carbocycles. The van der Waals surface area contributed by atoms with E-state index in [1.165, 1.54) is 11.8 Å². The maximum atomic E-state index is 12.3. The van der Waals surface area contributed by atoms with E-state index in [1.807, 2.05) is 18.2 Å². The molecule has 0 N–H and O–H groups in total. The van der Waals surface area contributed by atoms with Crippen LogP contribution >= 0.6 is 0 Å². The van der Waals surface area contributed by atoms with Crippen molar-refractivity contribution in [2.24, 2.45) is 17.8 Å². The van der Waals surface area contributed by atoms with Crippen molar-refractivity contribution in [1.82, 2.24) is 0 Å². The van der Waals surface area contributed by atoms with Gasteiger partial charge in [0.15, 0.2) is 5.79 Å². The van der Waals surface area contributed by atoms with Crippen LogP contribution in [0.15, 0.2) is 54.6 Å². The van der Waals surface area contributed by atoms with Crippen LogP contribution in [0.25, 0.3) is 0 Å². The number of benzene rings is 2. The van der Waals surface area contributed by atoms with E-state index in [4.69, 9.17) is 14.2 Å². The average Bonchev–Trinajstić information content (AvgIpc) is 3.31. The Balaban J connectivity index is 1.42. The molecule has 31 heavy (non-hydrogen) atoms. The normalized spacial score (nSPS) is 31.8. The maximum absolute atomic E-state index is 12.3. The zero-order valence-electron chi connectivity index (χ0n) is 18.3. The molecule has 1 spiro atoms. The first-order valence-corrected chi connectivity index (χ1v) is 11.7. The molecule has 2 aromatic carbocycles. The Morgan fingerprint density at radius 3 is 2.45 bits per heavy atom. The highest BCUT2D eigenvalue weighted by Crippen LogP contribution is 2.60. The third kappa shape index (κ3) is 3.50. The Kier molecular flexibility index (Phi) is 5.61. The van der Waals surface area contributed by atoms with Gasteiger partial charge in [0, 0.05) is 23.7 Å². The Hall–Kier alpha value is -2.17. The first-order valence-electron chi connectivity index (χ1n) is 11.7. The van der Waals surface area contributed by atoms with Crippen LogP contribution in [0.3, 0.4) is 0 Å². The van der Waals surface area contributed by atoms with Crippen LogP contribution in [-0.4, -0.2) is 25.3 Å². The van der Waals surface area contributed by atoms with Gasteiger partial charge in [-0.3, -0.25) is 0 Å². The van der Waals surface area contributed by atoms with Crippen molar-refractivity contribution in [3.63, 3.8) is 0 Å². The van der Waals surface area contributed by atoms with E-state index in [0.717, 1.165) is 43.4 Å². The summed E-state index contributed by atoms with van der Waals surface area (Å²) in [6.45, 7) is 4.18. The largest absolute Gasteiger partial charge is 0.489 e. The molecule has 1 unspecified atom stereocenters. The van der Waals surface area contributed by atoms with E-state index < -0.39 is 5.79 Å². The molecule has 0 amide bonds. The highest BCUT2D eigenvalue weighted by atomic mass is 16.7. The maximum Gasteiger partial charge on any atom is 0.171 e. The fourth-order valence-electron chi connectivity index (χ4n) is 6.57. The summed E-state index contributed by atoms with van der Waals surface area (Å²) >= 11 is 0. The molecule has 2 aliphatic carbocycles. The lowest BCUT2D eigenvalue weighted by Gasteiger charge is -2.58. The fourth-order valence-corrected chi connectivity index (χ4v) is 6.57. The molecule has 2 aromatic rings. The zero-order valence-corrected chi connectivity index (χ0v) is 18.3. The topological polar surface area (TPSA) is 44.8 Å². The van der Waals surface area contributed by atoms with Crippen molar-refractivity contribution >= 4 is 6.29 Å². The number of rotatable bonds is 5. The Bertz CT molecular complexity index is 887. The minimum absolute atomic E-state index is 0.0449. The smallest absolute Gasteiger partial charge is 0.171 e. The van der Waals surface area contributed by atoms with Crippen molar-refractivity contribution < 1.29 is 19.0 Å². The third-order valence-corrected chi connectivity index (χ3v) is 8.12. The summed E-state index contributed by atoms with van der Waals surface area (Å²) in [7, 11) is 0. The molecule has 0 radical (unpaired) electrons. The van der Waals surface area contributed by atoms with Crippen molar-refractivity contribution in [2.45, 2.75) is 56.8 Å². The van der Waals surface area contributed by atoms with Gasteiger partial charge in [0.25, 0.3) is 0 Å². The van der Waals surface area contributed by atoms with Crippen LogP contribution in [-0.2, 0) is 26.3 Å². The summed E-state index contributed by atoms with van der Waals surface area (Å²) in [6.07, 6.45) is 6.17. The van der Waals surface area contributed by atoms with Crippen molar-refractivity contribution in [3.8, 4) is 5.75 Å². The molecule has 4 heteroatoms. The predicted octanol–water partition coefficient (Wildman–Crippen LogP) is 5.29. The zero-order chi connectivity index (χ0) is 21.3. The van der Waals surface area contributed by atoms with Gasteiger partial charge in [-0.2, -0.15) is 0 Å². The number of carbonyl (C=O) groups excluding carboxylic acids is 1. The molecule has 4 atom stereocenters. The van der Waals surface area contributed by atoms with Crippen LogP contribution in [0.4, 0.5) is 0 Å². The average molecular weight is 421 g/mol. The molecule has 0 bridgehead atoms. The Morgan fingerprint density at radius 2 is 1.74 bits per heavy atom. The van der Waals surface area contributed by atoms with E-state index in [2.05, 4.69) is 43.3 Å². The summed E-state index contributed by atoms with van der Waals surface area (Å²) in [5.41, 5.74) is 2.28. The summed E-state index contributed by atoms with van der Waals surface area (Å²) in [4.78, 5) is 12.3. The number of ether oxygens (including phenoxy) is 3. The van der Waals surface area contributed by atoms with Gasteiger partial charge in [-0.05, 0) is 48.4 Å². The molecule has 1 aliphatic heterocycles. The van der Waals surface area contributed by atoms with Gasteiger partial charge in [0.1, 0.15) is 18.6 Å². The molecule has 3 aliphatic rings. The summed E-state index contributed by atoms with van der Waals surface area (Å²) < 4.78 is 18.3. The summed E-state index contributed by atoms with van der Waals surface area (Å²) in [5, 5.41) is 0. The minimum Gasteiger partial charge on any atom is -0.489 e. The number of aldehydes is 1. The highest BCUT2D eigenvalue weighted by Gasteiger charge is 2.60. The Morgan fingerprint density at radius 1 is 1.00 bits per heavy atom. The standard InChI is InChI=1S/C27H32O4/c1-20-25-9-5-8-23(18-28)26(25,14-15-27(20)30-16-17-31-27)22-10-12-24(13-11-22)29-19-21-6-3-2-4-7-21/h2-4,6-7,10-13,18,20,23,25H,5,8-9,14-17,19H2,1H3/t20-,23?,25-,26+/m0/s1. The summed E-state index contributed by atoms with van der Waals surface area (Å²) in [6, 6.07) is 18.7. The van der Waals surface area contributed by atoms with Crippen molar-refractivity contribution in [3.05, 3.63) is 65.7 Å². The van der Waals surface area contributed by atoms with Crippen molar-refractivity contribution in [2.75, 3.05) is 13.2 Å². The van der Waals surface area contributed by atoms with E-state index >= 15 is 0 Å². The molecule has 3 fully saturated rings. The van der Waals surface area contributed by atoms with Crippen LogP contribution in [0, 0.1) is 17.8 Å². The van der Waals surface area contributed by atoms with Crippen LogP contribution < -0.4 is 4.74 Å². The van der Waals surface area contributed by atoms with E-state index in [9.17, 15) is 4.79 Å². The molecular formula is C27H32O4. The molecule has 164 valence electrons. The SMILES string of the molecule is C[C@H]1[C@@H]2CCCC(C=O)[C@]2(c2ccc(OCc3ccccc3)cc2)CCC12OCCO2. The molecule has 1 saturated heterocycles. The first kappa shape index (κ1) is 20.7. The van der Waals surface area contributed by atoms with Gasteiger partial charge in [0.05, 0.1) is 13.2 Å². The lowest BCUT2D eigenvalue weighted by Crippen LogP contribution is -2.59. The van der Waals surface area contributed by atoms with Crippen LogP contribution in [0.5, 0.6) is 5.75 Å². The van der Waals surface area contributed by atoms with Gasteiger partial charge >= 0.3 is 0 Å². The molecular weight excluding hydrogens is 388 g/mol.